The summed E-state index contributed by atoms with van der Waals surface area (Å²) in [7, 11) is 5.74. The second-order valence-electron chi connectivity index (χ2n) is 6.19. The summed E-state index contributed by atoms with van der Waals surface area (Å²) >= 11 is 0. The van der Waals surface area contributed by atoms with E-state index in [1.807, 2.05) is 44.4 Å². The average molecular weight is 335 g/mol. The molecule has 1 aromatic carbocycles. The van der Waals surface area contributed by atoms with Crippen molar-refractivity contribution in [1.82, 2.24) is 9.88 Å². The van der Waals surface area contributed by atoms with E-state index < -0.39 is 5.60 Å². The van der Waals surface area contributed by atoms with Crippen LogP contribution in [0.1, 0.15) is 16.7 Å². The van der Waals surface area contributed by atoms with Gasteiger partial charge < -0.3 is 14.7 Å². The second kappa shape index (κ2) is 6.87. The van der Waals surface area contributed by atoms with Crippen LogP contribution in [0.3, 0.4) is 0 Å². The molecule has 1 aliphatic carbocycles. The molecule has 0 saturated carbocycles. The quantitative estimate of drug-likeness (QED) is 0.933. The van der Waals surface area contributed by atoms with Crippen molar-refractivity contribution in [3.8, 4) is 5.75 Å². The summed E-state index contributed by atoms with van der Waals surface area (Å²) in [6.07, 6.45) is 4.33. The highest BCUT2D eigenvalue weighted by molar-refractivity contribution is 5.85. The number of rotatable bonds is 4. The summed E-state index contributed by atoms with van der Waals surface area (Å²) in [6.45, 7) is 0.808. The number of hydrogen-bond donors (Lipinski definition) is 1. The van der Waals surface area contributed by atoms with Crippen molar-refractivity contribution in [1.29, 1.82) is 0 Å². The fraction of sp³-hybridized carbons (Fsp3) is 0.389. The van der Waals surface area contributed by atoms with Crippen molar-refractivity contribution in [2.75, 3.05) is 27.7 Å². The van der Waals surface area contributed by atoms with Gasteiger partial charge >= 0.3 is 0 Å². The SMILES string of the molecule is COc1ccc2c(c1)CC(CN(C)C)C2(O)c1cccnc1.Cl. The molecule has 1 aromatic heterocycles. The smallest absolute Gasteiger partial charge is 0.121 e. The third kappa shape index (κ3) is 3.07. The van der Waals surface area contributed by atoms with Gasteiger partial charge in [0.2, 0.25) is 0 Å². The van der Waals surface area contributed by atoms with E-state index in [0.717, 1.165) is 35.4 Å². The number of methoxy groups -OCH3 is 1. The van der Waals surface area contributed by atoms with E-state index in [9.17, 15) is 5.11 Å². The minimum atomic E-state index is -1.000. The lowest BCUT2D eigenvalue weighted by Crippen LogP contribution is -2.38. The summed E-state index contributed by atoms with van der Waals surface area (Å²) < 4.78 is 5.33. The highest BCUT2D eigenvalue weighted by Gasteiger charge is 2.47. The third-order valence-corrected chi connectivity index (χ3v) is 4.47. The Morgan fingerprint density at radius 1 is 1.35 bits per heavy atom. The van der Waals surface area contributed by atoms with Crippen molar-refractivity contribution in [2.45, 2.75) is 12.0 Å². The van der Waals surface area contributed by atoms with Gasteiger partial charge in [0.1, 0.15) is 11.4 Å². The number of nitrogens with zero attached hydrogens (tertiary/aromatic N) is 2. The van der Waals surface area contributed by atoms with Crippen LogP contribution in [0.5, 0.6) is 5.75 Å². The molecule has 1 heterocycles. The molecule has 4 nitrogen and oxygen atoms in total. The molecule has 0 radical (unpaired) electrons. The zero-order valence-corrected chi connectivity index (χ0v) is 14.5. The molecular weight excluding hydrogens is 312 g/mol. The highest BCUT2D eigenvalue weighted by atomic mass is 35.5. The van der Waals surface area contributed by atoms with Crippen LogP contribution in [-0.2, 0) is 12.0 Å². The fourth-order valence-electron chi connectivity index (χ4n) is 3.49. The zero-order valence-electron chi connectivity index (χ0n) is 13.7. The van der Waals surface area contributed by atoms with E-state index >= 15 is 0 Å². The van der Waals surface area contributed by atoms with Crippen LogP contribution >= 0.6 is 12.4 Å². The lowest BCUT2D eigenvalue weighted by molar-refractivity contribution is 0.0187. The van der Waals surface area contributed by atoms with Crippen LogP contribution in [0, 0.1) is 5.92 Å². The number of pyridine rings is 1. The molecule has 0 aliphatic heterocycles. The maximum Gasteiger partial charge on any atom is 0.121 e. The monoisotopic (exact) mass is 334 g/mol. The summed E-state index contributed by atoms with van der Waals surface area (Å²) in [5.41, 5.74) is 1.97. The van der Waals surface area contributed by atoms with Crippen molar-refractivity contribution in [3.05, 3.63) is 59.4 Å². The Morgan fingerprint density at radius 2 is 2.13 bits per heavy atom. The molecule has 23 heavy (non-hydrogen) atoms. The number of hydrogen-bond acceptors (Lipinski definition) is 4. The van der Waals surface area contributed by atoms with Gasteiger partial charge in [0.15, 0.2) is 0 Å². The predicted molar refractivity (Wildman–Crippen MR) is 93.2 cm³/mol. The Morgan fingerprint density at radius 3 is 2.74 bits per heavy atom. The van der Waals surface area contributed by atoms with Gasteiger partial charge in [-0.2, -0.15) is 0 Å². The number of halogens is 1. The first kappa shape index (κ1) is 17.7. The molecule has 124 valence electrons. The van der Waals surface area contributed by atoms with Gasteiger partial charge in [-0.1, -0.05) is 12.1 Å². The normalized spacial score (nSPS) is 22.6. The molecule has 2 atom stereocenters. The van der Waals surface area contributed by atoms with Gasteiger partial charge in [0, 0.05) is 30.4 Å². The number of benzene rings is 1. The maximum absolute atomic E-state index is 11.6. The van der Waals surface area contributed by atoms with Gasteiger partial charge in [-0.15, -0.1) is 12.4 Å². The number of aliphatic hydroxyl groups is 1. The van der Waals surface area contributed by atoms with E-state index in [4.69, 9.17) is 4.74 Å². The average Bonchev–Trinajstić information content (AvgIpc) is 2.80. The van der Waals surface area contributed by atoms with E-state index in [1.54, 1.807) is 19.5 Å². The fourth-order valence-corrected chi connectivity index (χ4v) is 3.49. The topological polar surface area (TPSA) is 45.6 Å². The Labute approximate surface area is 143 Å². The van der Waals surface area contributed by atoms with Gasteiger partial charge in [-0.05, 0) is 49.8 Å². The third-order valence-electron chi connectivity index (χ3n) is 4.47. The molecule has 5 heteroatoms. The molecule has 0 fully saturated rings. The van der Waals surface area contributed by atoms with Gasteiger partial charge in [0.25, 0.3) is 0 Å². The molecule has 3 rings (SSSR count). The van der Waals surface area contributed by atoms with E-state index in [2.05, 4.69) is 9.88 Å². The summed E-state index contributed by atoms with van der Waals surface area (Å²) in [5.74, 6) is 0.923. The van der Waals surface area contributed by atoms with Crippen LogP contribution in [-0.4, -0.2) is 42.7 Å². The minimum Gasteiger partial charge on any atom is -0.497 e. The lowest BCUT2D eigenvalue weighted by atomic mass is 9.81. The predicted octanol–water partition coefficient (Wildman–Crippen LogP) is 2.48. The first-order valence-electron chi connectivity index (χ1n) is 7.50. The van der Waals surface area contributed by atoms with Crippen molar-refractivity contribution < 1.29 is 9.84 Å². The number of aromatic nitrogens is 1. The lowest BCUT2D eigenvalue weighted by Gasteiger charge is -2.33. The number of ether oxygens (including phenoxy) is 1. The minimum absolute atomic E-state index is 0. The molecule has 0 amide bonds. The largest absolute Gasteiger partial charge is 0.497 e. The van der Waals surface area contributed by atoms with Gasteiger partial charge in [-0.25, -0.2) is 0 Å². The molecule has 1 aliphatic rings. The molecule has 0 spiro atoms. The van der Waals surface area contributed by atoms with Gasteiger partial charge in [-0.3, -0.25) is 4.98 Å². The molecular formula is C18H23ClN2O2. The Balaban J connectivity index is 0.00000192. The molecule has 1 N–H and O–H groups in total. The molecule has 2 unspecified atom stereocenters. The molecule has 0 bridgehead atoms. The maximum atomic E-state index is 11.6. The van der Waals surface area contributed by atoms with Crippen LogP contribution in [0.25, 0.3) is 0 Å². The summed E-state index contributed by atoms with van der Waals surface area (Å²) in [5, 5.41) is 11.6. The summed E-state index contributed by atoms with van der Waals surface area (Å²) in [4.78, 5) is 6.32. The summed E-state index contributed by atoms with van der Waals surface area (Å²) in [6, 6.07) is 9.76. The zero-order chi connectivity index (χ0) is 15.7. The van der Waals surface area contributed by atoms with Gasteiger partial charge in [0.05, 0.1) is 7.11 Å². The molecule has 0 saturated heterocycles. The van der Waals surface area contributed by atoms with Crippen molar-refractivity contribution in [2.24, 2.45) is 5.92 Å². The molecule has 2 aromatic rings. The van der Waals surface area contributed by atoms with Crippen molar-refractivity contribution in [3.63, 3.8) is 0 Å². The van der Waals surface area contributed by atoms with Crippen molar-refractivity contribution >= 4 is 12.4 Å². The van der Waals surface area contributed by atoms with Crippen LogP contribution < -0.4 is 4.74 Å². The first-order valence-corrected chi connectivity index (χ1v) is 7.50. The van der Waals surface area contributed by atoms with Crippen LogP contribution in [0.2, 0.25) is 0 Å². The van der Waals surface area contributed by atoms with E-state index in [0.29, 0.717) is 0 Å². The first-order chi connectivity index (χ1) is 10.6. The van der Waals surface area contributed by atoms with Crippen LogP contribution in [0.15, 0.2) is 42.7 Å². The van der Waals surface area contributed by atoms with Crippen LogP contribution in [0.4, 0.5) is 0 Å². The highest BCUT2D eigenvalue weighted by Crippen LogP contribution is 2.47. The Kier molecular flexibility index (Phi) is 5.30. The Hall–Kier alpha value is -1.62. The van der Waals surface area contributed by atoms with E-state index in [1.165, 1.54) is 0 Å². The second-order valence-corrected chi connectivity index (χ2v) is 6.19. The number of fused-ring (bicyclic) bond motifs is 1. The Bertz CT molecular complexity index is 663. The van der Waals surface area contributed by atoms with E-state index in [-0.39, 0.29) is 18.3 Å². The standard InChI is InChI=1S/C18H22N2O2.ClH/c1-20(2)12-15-9-13-10-16(22-3)6-7-17(13)18(15,21)14-5-4-8-19-11-14;/h4-8,10-11,15,21H,9,12H2,1-3H3;1H.